The van der Waals surface area contributed by atoms with Crippen LogP contribution < -0.4 is 10.5 Å². The van der Waals surface area contributed by atoms with Crippen LogP contribution >= 0.6 is 11.6 Å². The first-order valence-corrected chi connectivity index (χ1v) is 8.39. The van der Waals surface area contributed by atoms with Crippen molar-refractivity contribution in [3.63, 3.8) is 0 Å². The minimum atomic E-state index is -3.58. The molecule has 114 valence electrons. The van der Waals surface area contributed by atoms with E-state index in [1.54, 1.807) is 6.92 Å². The van der Waals surface area contributed by atoms with Gasteiger partial charge >= 0.3 is 0 Å². The quantitative estimate of drug-likeness (QED) is 0.819. The van der Waals surface area contributed by atoms with Crippen molar-refractivity contribution in [1.82, 2.24) is 4.72 Å². The van der Waals surface area contributed by atoms with Crippen molar-refractivity contribution in [2.75, 3.05) is 12.3 Å². The minimum Gasteiger partial charge on any atom is -0.397 e. The number of aryl methyl sites for hydroxylation is 1. The topological polar surface area (TPSA) is 72.2 Å². The first-order valence-electron chi connectivity index (χ1n) is 6.52. The molecule has 0 aliphatic rings. The van der Waals surface area contributed by atoms with E-state index >= 15 is 0 Å². The smallest absolute Gasteiger partial charge is 0.240 e. The van der Waals surface area contributed by atoms with Crippen molar-refractivity contribution < 1.29 is 8.42 Å². The molecule has 0 bridgehead atoms. The SMILES string of the molecule is Cc1cc(S(=O)(=O)NCC(C)(C)C(C)C)cc(N)c1Cl. The number of nitrogens with one attached hydrogen (secondary N) is 1. The summed E-state index contributed by atoms with van der Waals surface area (Å²) in [5.74, 6) is 0.363. The van der Waals surface area contributed by atoms with Crippen LogP contribution in [0.5, 0.6) is 0 Å². The van der Waals surface area contributed by atoms with Gasteiger partial charge in [0.2, 0.25) is 10.0 Å². The Morgan fingerprint density at radius 3 is 2.35 bits per heavy atom. The summed E-state index contributed by atoms with van der Waals surface area (Å²) in [7, 11) is -3.58. The standard InChI is InChI=1S/C14H23ClN2O2S/c1-9(2)14(4,5)8-17-20(18,19)11-6-10(3)13(15)12(16)7-11/h6-7,9,17H,8,16H2,1-5H3. The number of halogens is 1. The van der Waals surface area contributed by atoms with Gasteiger partial charge in [-0.2, -0.15) is 0 Å². The van der Waals surface area contributed by atoms with Crippen molar-refractivity contribution in [2.45, 2.75) is 39.5 Å². The molecule has 0 saturated carbocycles. The predicted molar refractivity (Wildman–Crippen MR) is 84.4 cm³/mol. The van der Waals surface area contributed by atoms with Gasteiger partial charge in [-0.25, -0.2) is 13.1 Å². The normalized spacial score (nSPS) is 12.9. The lowest BCUT2D eigenvalue weighted by molar-refractivity contribution is 0.252. The van der Waals surface area contributed by atoms with Gasteiger partial charge in [0.1, 0.15) is 0 Å². The largest absolute Gasteiger partial charge is 0.397 e. The molecule has 4 nitrogen and oxygen atoms in total. The number of nitrogen functional groups attached to an aromatic ring is 1. The third-order valence-electron chi connectivity index (χ3n) is 3.85. The number of sulfonamides is 1. The fourth-order valence-corrected chi connectivity index (χ4v) is 2.94. The van der Waals surface area contributed by atoms with E-state index in [4.69, 9.17) is 17.3 Å². The number of hydrogen-bond acceptors (Lipinski definition) is 3. The summed E-state index contributed by atoms with van der Waals surface area (Å²) < 4.78 is 27.3. The molecule has 0 saturated heterocycles. The second-order valence-corrected chi connectivity index (χ2v) is 8.26. The second-order valence-electron chi connectivity index (χ2n) is 6.11. The lowest BCUT2D eigenvalue weighted by Gasteiger charge is -2.29. The van der Waals surface area contributed by atoms with Crippen molar-refractivity contribution >= 4 is 27.3 Å². The molecule has 1 aromatic carbocycles. The van der Waals surface area contributed by atoms with Gasteiger partial charge in [-0.1, -0.05) is 39.3 Å². The highest BCUT2D eigenvalue weighted by atomic mass is 35.5. The summed E-state index contributed by atoms with van der Waals surface area (Å²) in [5, 5.41) is 0.395. The molecule has 6 heteroatoms. The monoisotopic (exact) mass is 318 g/mol. The van der Waals surface area contributed by atoms with Gasteiger partial charge in [0.25, 0.3) is 0 Å². The lowest BCUT2D eigenvalue weighted by atomic mass is 9.81. The maximum absolute atomic E-state index is 12.3. The molecule has 1 rings (SSSR count). The van der Waals surface area contributed by atoms with Gasteiger partial charge in [-0.05, 0) is 36.0 Å². The zero-order valence-corrected chi connectivity index (χ0v) is 14.2. The first kappa shape index (κ1) is 17.3. The van der Waals surface area contributed by atoms with E-state index in [0.29, 0.717) is 23.0 Å². The van der Waals surface area contributed by atoms with Crippen molar-refractivity contribution in [1.29, 1.82) is 0 Å². The van der Waals surface area contributed by atoms with Gasteiger partial charge in [-0.3, -0.25) is 0 Å². The summed E-state index contributed by atoms with van der Waals surface area (Å²) in [6.45, 7) is 10.3. The molecule has 0 atom stereocenters. The molecule has 0 heterocycles. The van der Waals surface area contributed by atoms with Crippen LogP contribution in [-0.4, -0.2) is 15.0 Å². The predicted octanol–water partition coefficient (Wildman–Crippen LogP) is 3.19. The highest BCUT2D eigenvalue weighted by Gasteiger charge is 2.25. The molecule has 1 aromatic rings. The molecule has 0 aromatic heterocycles. The zero-order valence-electron chi connectivity index (χ0n) is 12.6. The van der Waals surface area contributed by atoms with Crippen LogP contribution in [0, 0.1) is 18.3 Å². The number of benzene rings is 1. The zero-order chi connectivity index (χ0) is 15.7. The van der Waals surface area contributed by atoms with E-state index in [-0.39, 0.29) is 16.0 Å². The molecule has 20 heavy (non-hydrogen) atoms. The van der Waals surface area contributed by atoms with E-state index in [1.807, 2.05) is 13.8 Å². The van der Waals surface area contributed by atoms with E-state index in [2.05, 4.69) is 18.6 Å². The van der Waals surface area contributed by atoms with E-state index in [0.717, 1.165) is 0 Å². The van der Waals surface area contributed by atoms with E-state index < -0.39 is 10.0 Å². The molecule has 3 N–H and O–H groups in total. The Morgan fingerprint density at radius 1 is 1.35 bits per heavy atom. The Bertz CT molecular complexity index is 572. The van der Waals surface area contributed by atoms with Crippen LogP contribution in [0.1, 0.15) is 33.3 Å². The van der Waals surface area contributed by atoms with Gasteiger partial charge in [0.05, 0.1) is 15.6 Å². The Kier molecular flexibility index (Phi) is 5.11. The van der Waals surface area contributed by atoms with E-state index in [1.165, 1.54) is 12.1 Å². The lowest BCUT2D eigenvalue weighted by Crippen LogP contribution is -2.37. The molecule has 0 fully saturated rings. The fourth-order valence-electron chi connectivity index (χ4n) is 1.49. The maximum Gasteiger partial charge on any atom is 0.240 e. The average Bonchev–Trinajstić information content (AvgIpc) is 2.33. The summed E-state index contributed by atoms with van der Waals surface area (Å²) in [6.07, 6.45) is 0. The van der Waals surface area contributed by atoms with Gasteiger partial charge < -0.3 is 5.73 Å². The molecule has 0 aliphatic carbocycles. The Balaban J connectivity index is 3.01. The summed E-state index contributed by atoms with van der Waals surface area (Å²) >= 11 is 5.95. The highest BCUT2D eigenvalue weighted by Crippen LogP contribution is 2.28. The van der Waals surface area contributed by atoms with Crippen LogP contribution in [0.25, 0.3) is 0 Å². The Morgan fingerprint density at radius 2 is 1.90 bits per heavy atom. The Hall–Kier alpha value is -0.780. The van der Waals surface area contributed by atoms with Crippen molar-refractivity contribution in [3.05, 3.63) is 22.7 Å². The molecule has 0 amide bonds. The van der Waals surface area contributed by atoms with Crippen LogP contribution in [0.15, 0.2) is 17.0 Å². The van der Waals surface area contributed by atoms with Gasteiger partial charge in [-0.15, -0.1) is 0 Å². The summed E-state index contributed by atoms with van der Waals surface area (Å²) in [6, 6.07) is 2.92. The number of hydrogen-bond donors (Lipinski definition) is 2. The molecule has 0 radical (unpaired) electrons. The first-order chi connectivity index (χ1) is 8.97. The maximum atomic E-state index is 12.3. The molecule has 0 spiro atoms. The van der Waals surface area contributed by atoms with Crippen LogP contribution in [0.3, 0.4) is 0 Å². The molecular weight excluding hydrogens is 296 g/mol. The third-order valence-corrected chi connectivity index (χ3v) is 5.74. The molecule has 0 unspecified atom stereocenters. The van der Waals surface area contributed by atoms with Gasteiger partial charge in [0.15, 0.2) is 0 Å². The van der Waals surface area contributed by atoms with Crippen LogP contribution in [0.4, 0.5) is 5.69 Å². The molecular formula is C14H23ClN2O2S. The van der Waals surface area contributed by atoms with Crippen LogP contribution in [-0.2, 0) is 10.0 Å². The number of nitrogens with two attached hydrogens (primary N) is 1. The number of anilines is 1. The van der Waals surface area contributed by atoms with Crippen molar-refractivity contribution in [3.8, 4) is 0 Å². The van der Waals surface area contributed by atoms with Crippen molar-refractivity contribution in [2.24, 2.45) is 11.3 Å². The second kappa shape index (κ2) is 5.92. The summed E-state index contributed by atoms with van der Waals surface area (Å²) in [5.41, 5.74) is 6.52. The summed E-state index contributed by atoms with van der Waals surface area (Å²) in [4.78, 5) is 0.149. The Labute approximate surface area is 126 Å². The van der Waals surface area contributed by atoms with Crippen LogP contribution in [0.2, 0.25) is 5.02 Å². The fraction of sp³-hybridized carbons (Fsp3) is 0.571. The minimum absolute atomic E-state index is 0.125. The van der Waals surface area contributed by atoms with E-state index in [9.17, 15) is 8.42 Å². The molecule has 0 aliphatic heterocycles. The number of rotatable bonds is 5. The highest BCUT2D eigenvalue weighted by molar-refractivity contribution is 7.89. The average molecular weight is 319 g/mol. The third kappa shape index (κ3) is 3.87. The van der Waals surface area contributed by atoms with Gasteiger partial charge in [0, 0.05) is 6.54 Å².